The average molecular weight is 498 g/mol. The molecule has 1 aromatic heterocycles. The number of rotatable bonds is 9. The van der Waals surface area contributed by atoms with Crippen LogP contribution in [0.1, 0.15) is 36.5 Å². The third-order valence-electron chi connectivity index (χ3n) is 6.08. The fraction of sp³-hybridized carbons (Fsp3) is 0.233. The van der Waals surface area contributed by atoms with Crippen LogP contribution in [0.4, 0.5) is 0 Å². The molecule has 7 heteroatoms. The Morgan fingerprint density at radius 2 is 1.81 bits per heavy atom. The van der Waals surface area contributed by atoms with Crippen LogP contribution >= 0.6 is 0 Å². The number of hydrogen-bond acceptors (Lipinski definition) is 6. The summed E-state index contributed by atoms with van der Waals surface area (Å²) in [5, 5.41) is 5.11. The molecule has 37 heavy (non-hydrogen) atoms. The Balaban J connectivity index is 1.97. The van der Waals surface area contributed by atoms with Gasteiger partial charge < -0.3 is 14.2 Å². The largest absolute Gasteiger partial charge is 0.496 e. The van der Waals surface area contributed by atoms with Crippen molar-refractivity contribution >= 4 is 17.1 Å². The minimum Gasteiger partial charge on any atom is -0.496 e. The van der Waals surface area contributed by atoms with E-state index in [4.69, 9.17) is 19.2 Å². The van der Waals surface area contributed by atoms with E-state index in [1.807, 2.05) is 49.4 Å². The van der Waals surface area contributed by atoms with Crippen LogP contribution in [0.25, 0.3) is 22.3 Å². The Morgan fingerprint density at radius 1 is 1.05 bits per heavy atom. The Hall–Kier alpha value is -4.39. The molecule has 0 radical (unpaired) electrons. The maximum absolute atomic E-state index is 13.7. The first-order valence-corrected chi connectivity index (χ1v) is 12.0. The molecular weight excluding hydrogens is 466 g/mol. The number of aryl methyl sites for hydroxylation is 1. The van der Waals surface area contributed by atoms with Crippen LogP contribution in [0.2, 0.25) is 0 Å². The lowest BCUT2D eigenvalue weighted by Gasteiger charge is -2.17. The first-order chi connectivity index (χ1) is 17.9. The molecule has 0 N–H and O–H groups in total. The molecular formula is C30H31N3O4. The molecule has 0 amide bonds. The summed E-state index contributed by atoms with van der Waals surface area (Å²) in [4.78, 5) is 18.6. The highest BCUT2D eigenvalue weighted by molar-refractivity contribution is 5.86. The van der Waals surface area contributed by atoms with Gasteiger partial charge >= 0.3 is 0 Å². The number of para-hydroxylation sites is 2. The van der Waals surface area contributed by atoms with Crippen molar-refractivity contribution in [2.24, 2.45) is 5.10 Å². The molecule has 0 saturated heterocycles. The quantitative estimate of drug-likeness (QED) is 0.211. The van der Waals surface area contributed by atoms with Gasteiger partial charge in [0.2, 0.25) is 0 Å². The van der Waals surface area contributed by atoms with Crippen LogP contribution < -0.4 is 19.8 Å². The molecule has 0 aliphatic heterocycles. The number of ether oxygens (including phenoxy) is 3. The smallest absolute Gasteiger partial charge is 0.282 e. The average Bonchev–Trinajstić information content (AvgIpc) is 2.91. The molecule has 0 bridgehead atoms. The second-order valence-corrected chi connectivity index (χ2v) is 8.86. The van der Waals surface area contributed by atoms with Crippen molar-refractivity contribution in [1.82, 2.24) is 9.66 Å². The summed E-state index contributed by atoms with van der Waals surface area (Å²) in [7, 11) is 3.24. The number of hydrogen-bond donors (Lipinski definition) is 0. The van der Waals surface area contributed by atoms with Gasteiger partial charge in [-0.25, -0.2) is 4.98 Å². The molecule has 0 aliphatic carbocycles. The number of nitrogens with zero attached hydrogens (tertiary/aromatic N) is 3. The van der Waals surface area contributed by atoms with Gasteiger partial charge in [0.1, 0.15) is 12.4 Å². The summed E-state index contributed by atoms with van der Waals surface area (Å²) < 4.78 is 18.3. The van der Waals surface area contributed by atoms with E-state index in [2.05, 4.69) is 25.5 Å². The van der Waals surface area contributed by atoms with Crippen molar-refractivity contribution in [3.8, 4) is 28.6 Å². The number of methoxy groups -OCH3 is 2. The standard InChI is InChI=1S/C30H31N3O4/c1-7-15-37-28-21(11-10-14-26(28)35-5)18-31-33-29(32-25-13-9-8-12-22(25)30(33)34)24-17-23(19(2)3)27(36-6)16-20(24)4/h7-14,16-19H,1,15H2,2-6H3. The van der Waals surface area contributed by atoms with Gasteiger partial charge in [0.15, 0.2) is 17.3 Å². The van der Waals surface area contributed by atoms with E-state index < -0.39 is 0 Å². The zero-order valence-electron chi connectivity index (χ0n) is 21.8. The maximum atomic E-state index is 13.7. The van der Waals surface area contributed by atoms with E-state index in [1.165, 1.54) is 4.68 Å². The Morgan fingerprint density at radius 3 is 2.51 bits per heavy atom. The van der Waals surface area contributed by atoms with Gasteiger partial charge in [0.05, 0.1) is 31.3 Å². The molecule has 0 atom stereocenters. The van der Waals surface area contributed by atoms with Crippen molar-refractivity contribution in [3.05, 3.63) is 94.3 Å². The second-order valence-electron chi connectivity index (χ2n) is 8.86. The predicted octanol–water partition coefficient (Wildman–Crippen LogP) is 5.96. The van der Waals surface area contributed by atoms with Crippen molar-refractivity contribution in [1.29, 1.82) is 0 Å². The summed E-state index contributed by atoms with van der Waals surface area (Å²) in [5.41, 5.74) is 3.73. The topological polar surface area (TPSA) is 74.9 Å². The van der Waals surface area contributed by atoms with E-state index in [1.54, 1.807) is 38.6 Å². The Kier molecular flexibility index (Phi) is 7.72. The molecule has 0 saturated carbocycles. The van der Waals surface area contributed by atoms with Crippen LogP contribution in [-0.4, -0.2) is 36.7 Å². The molecule has 4 aromatic rings. The molecule has 0 aliphatic rings. The van der Waals surface area contributed by atoms with Gasteiger partial charge in [0.25, 0.3) is 5.56 Å². The number of benzene rings is 3. The summed E-state index contributed by atoms with van der Waals surface area (Å²) in [5.74, 6) is 2.52. The maximum Gasteiger partial charge on any atom is 0.282 e. The molecule has 1 heterocycles. The van der Waals surface area contributed by atoms with Crippen LogP contribution in [0.15, 0.2) is 77.1 Å². The predicted molar refractivity (Wildman–Crippen MR) is 148 cm³/mol. The van der Waals surface area contributed by atoms with Gasteiger partial charge in [-0.05, 0) is 60.4 Å². The molecule has 7 nitrogen and oxygen atoms in total. The van der Waals surface area contributed by atoms with E-state index in [0.29, 0.717) is 40.4 Å². The van der Waals surface area contributed by atoms with Crippen LogP contribution in [0.3, 0.4) is 0 Å². The second kappa shape index (κ2) is 11.1. The Bertz CT molecular complexity index is 1540. The number of aromatic nitrogens is 2. The highest BCUT2D eigenvalue weighted by atomic mass is 16.5. The van der Waals surface area contributed by atoms with Crippen molar-refractivity contribution in [2.45, 2.75) is 26.7 Å². The van der Waals surface area contributed by atoms with Gasteiger partial charge in [-0.3, -0.25) is 4.79 Å². The van der Waals surface area contributed by atoms with E-state index >= 15 is 0 Å². The zero-order valence-corrected chi connectivity index (χ0v) is 21.8. The summed E-state index contributed by atoms with van der Waals surface area (Å²) in [6.07, 6.45) is 3.24. The molecule has 0 fully saturated rings. The normalized spacial score (nSPS) is 11.3. The molecule has 190 valence electrons. The first kappa shape index (κ1) is 25.7. The first-order valence-electron chi connectivity index (χ1n) is 12.0. The van der Waals surface area contributed by atoms with Crippen molar-refractivity contribution < 1.29 is 14.2 Å². The summed E-state index contributed by atoms with van der Waals surface area (Å²) in [6, 6.07) is 16.8. The highest BCUT2D eigenvalue weighted by Crippen LogP contribution is 2.34. The van der Waals surface area contributed by atoms with Gasteiger partial charge in [0, 0.05) is 11.1 Å². The third kappa shape index (κ3) is 5.11. The minimum absolute atomic E-state index is 0.208. The zero-order chi connectivity index (χ0) is 26.5. The van der Waals surface area contributed by atoms with Gasteiger partial charge in [-0.1, -0.05) is 44.7 Å². The van der Waals surface area contributed by atoms with Crippen LogP contribution in [0.5, 0.6) is 17.2 Å². The van der Waals surface area contributed by atoms with Gasteiger partial charge in [-0.15, -0.1) is 0 Å². The lowest BCUT2D eigenvalue weighted by Crippen LogP contribution is -2.21. The lowest BCUT2D eigenvalue weighted by atomic mass is 9.96. The van der Waals surface area contributed by atoms with E-state index in [0.717, 1.165) is 22.4 Å². The fourth-order valence-corrected chi connectivity index (χ4v) is 4.18. The molecule has 4 rings (SSSR count). The fourth-order valence-electron chi connectivity index (χ4n) is 4.18. The Labute approximate surface area is 216 Å². The minimum atomic E-state index is -0.269. The van der Waals surface area contributed by atoms with Crippen LogP contribution in [0, 0.1) is 6.92 Å². The van der Waals surface area contributed by atoms with E-state index in [9.17, 15) is 4.79 Å². The highest BCUT2D eigenvalue weighted by Gasteiger charge is 2.18. The number of fused-ring (bicyclic) bond motifs is 1. The van der Waals surface area contributed by atoms with Crippen molar-refractivity contribution in [3.63, 3.8) is 0 Å². The van der Waals surface area contributed by atoms with E-state index in [-0.39, 0.29) is 11.5 Å². The third-order valence-corrected chi connectivity index (χ3v) is 6.08. The summed E-state index contributed by atoms with van der Waals surface area (Å²) in [6.45, 7) is 10.2. The SMILES string of the molecule is C=CCOc1c(C=Nn2c(-c3cc(C(C)C)c(OC)cc3C)nc3ccccc3c2=O)cccc1OC. The van der Waals surface area contributed by atoms with Crippen molar-refractivity contribution in [2.75, 3.05) is 20.8 Å². The van der Waals surface area contributed by atoms with Gasteiger partial charge in [-0.2, -0.15) is 9.78 Å². The molecule has 3 aromatic carbocycles. The van der Waals surface area contributed by atoms with Crippen LogP contribution in [-0.2, 0) is 0 Å². The summed E-state index contributed by atoms with van der Waals surface area (Å²) >= 11 is 0. The monoisotopic (exact) mass is 497 g/mol. The molecule has 0 spiro atoms. The lowest BCUT2D eigenvalue weighted by molar-refractivity contribution is 0.326. The molecule has 0 unspecified atom stereocenters.